The molecule has 0 bridgehead atoms. The smallest absolute Gasteiger partial charge is 0.255 e. The van der Waals surface area contributed by atoms with Crippen molar-refractivity contribution in [3.63, 3.8) is 0 Å². The molecule has 0 N–H and O–H groups in total. The Morgan fingerprint density at radius 2 is 1.93 bits per heavy atom. The van der Waals surface area contributed by atoms with Gasteiger partial charge in [-0.3, -0.25) is 9.36 Å². The Morgan fingerprint density at radius 3 is 2.60 bits per heavy atom. The molecule has 8 heteroatoms. The number of pyridine rings is 1. The quantitative estimate of drug-likeness (QED) is 0.622. The fraction of sp³-hybridized carbons (Fsp3) is 0.409. The maximum absolute atomic E-state index is 13.4. The molecule has 3 aromatic rings. The lowest BCUT2D eigenvalue weighted by Gasteiger charge is -2.28. The minimum atomic E-state index is -0.821. The number of fused-ring (bicyclic) bond motifs is 1. The molecule has 0 radical (unpaired) electrons. The van der Waals surface area contributed by atoms with Crippen LogP contribution >= 0.6 is 0 Å². The number of hydrogen-bond donors (Lipinski definition) is 0. The number of alkyl halides is 1. The van der Waals surface area contributed by atoms with E-state index in [1.807, 2.05) is 28.8 Å². The van der Waals surface area contributed by atoms with Crippen LogP contribution in [-0.4, -0.2) is 65.4 Å². The number of rotatable bonds is 6. The summed E-state index contributed by atoms with van der Waals surface area (Å²) in [7, 11) is 3.28. The Bertz CT molecular complexity index is 1030. The van der Waals surface area contributed by atoms with Crippen LogP contribution in [0.4, 0.5) is 4.39 Å². The van der Waals surface area contributed by atoms with Crippen molar-refractivity contribution in [1.82, 2.24) is 19.4 Å². The third-order valence-corrected chi connectivity index (χ3v) is 5.39. The van der Waals surface area contributed by atoms with E-state index in [1.165, 1.54) is 0 Å². The molecule has 1 aliphatic rings. The predicted octanol–water partition coefficient (Wildman–Crippen LogP) is 3.19. The number of ether oxygens (including phenoxy) is 2. The summed E-state index contributed by atoms with van der Waals surface area (Å²) in [5, 5.41) is 0. The summed E-state index contributed by atoms with van der Waals surface area (Å²) in [6.07, 6.45) is 2.13. The third kappa shape index (κ3) is 4.00. The highest BCUT2D eigenvalue weighted by Crippen LogP contribution is 2.24. The number of amides is 1. The normalized spacial score (nSPS) is 15.0. The SMILES string of the molecule is COCCc1nc2cc(C(=O)N3CCC(F)CC3)cnc2n1-c1ccc(OC)cc1. The van der Waals surface area contributed by atoms with Crippen LogP contribution in [0.3, 0.4) is 0 Å². The maximum Gasteiger partial charge on any atom is 0.255 e. The van der Waals surface area contributed by atoms with Crippen molar-refractivity contribution in [2.75, 3.05) is 33.9 Å². The molecule has 158 valence electrons. The fourth-order valence-corrected chi connectivity index (χ4v) is 3.73. The lowest BCUT2D eigenvalue weighted by atomic mass is 10.1. The van der Waals surface area contributed by atoms with E-state index in [1.54, 1.807) is 31.4 Å². The Kier molecular flexibility index (Phi) is 5.94. The van der Waals surface area contributed by atoms with E-state index in [0.717, 1.165) is 17.3 Å². The maximum atomic E-state index is 13.4. The van der Waals surface area contributed by atoms with Crippen LogP contribution in [0, 0.1) is 0 Å². The zero-order valence-electron chi connectivity index (χ0n) is 17.2. The van der Waals surface area contributed by atoms with Crippen LogP contribution < -0.4 is 4.74 Å². The summed E-state index contributed by atoms with van der Waals surface area (Å²) in [5.74, 6) is 1.43. The van der Waals surface area contributed by atoms with E-state index in [9.17, 15) is 9.18 Å². The molecular formula is C22H25FN4O3. The zero-order valence-corrected chi connectivity index (χ0v) is 17.2. The van der Waals surface area contributed by atoms with Crippen molar-refractivity contribution in [2.24, 2.45) is 0 Å². The topological polar surface area (TPSA) is 69.5 Å². The molecule has 2 aromatic heterocycles. The first-order valence-corrected chi connectivity index (χ1v) is 10.0. The number of hydrogen-bond acceptors (Lipinski definition) is 5. The Morgan fingerprint density at radius 1 is 1.20 bits per heavy atom. The molecule has 4 rings (SSSR count). The Balaban J connectivity index is 1.70. The molecule has 1 aliphatic heterocycles. The summed E-state index contributed by atoms with van der Waals surface area (Å²) in [6.45, 7) is 1.37. The van der Waals surface area contributed by atoms with Gasteiger partial charge in [-0.2, -0.15) is 0 Å². The second-order valence-electron chi connectivity index (χ2n) is 7.34. The molecule has 1 fully saturated rings. The molecule has 0 atom stereocenters. The second kappa shape index (κ2) is 8.79. The van der Waals surface area contributed by atoms with E-state index < -0.39 is 6.17 Å². The van der Waals surface area contributed by atoms with Crippen LogP contribution in [0.2, 0.25) is 0 Å². The first-order chi connectivity index (χ1) is 14.6. The number of aromatic nitrogens is 3. The fourth-order valence-electron chi connectivity index (χ4n) is 3.73. The number of likely N-dealkylation sites (tertiary alicyclic amines) is 1. The molecule has 1 saturated heterocycles. The average Bonchev–Trinajstić information content (AvgIpc) is 3.15. The standard InChI is InChI=1S/C22H25FN4O3/c1-29-12-9-20-25-19-13-15(22(28)26-10-7-16(23)8-11-26)14-24-21(19)27(20)17-3-5-18(30-2)6-4-17/h3-6,13-14,16H,7-12H2,1-2H3. The number of benzene rings is 1. The molecule has 3 heterocycles. The molecule has 1 aromatic carbocycles. The van der Waals surface area contributed by atoms with Gasteiger partial charge >= 0.3 is 0 Å². The van der Waals surface area contributed by atoms with E-state index in [0.29, 0.717) is 55.7 Å². The average molecular weight is 412 g/mol. The lowest BCUT2D eigenvalue weighted by molar-refractivity contribution is 0.0666. The van der Waals surface area contributed by atoms with Gasteiger partial charge in [0.25, 0.3) is 5.91 Å². The van der Waals surface area contributed by atoms with Gasteiger partial charge in [-0.15, -0.1) is 0 Å². The summed E-state index contributed by atoms with van der Waals surface area (Å²) in [6, 6.07) is 9.42. The van der Waals surface area contributed by atoms with Crippen LogP contribution in [0.1, 0.15) is 29.0 Å². The molecular weight excluding hydrogens is 387 g/mol. The highest BCUT2D eigenvalue weighted by Gasteiger charge is 2.24. The van der Waals surface area contributed by atoms with Gasteiger partial charge in [-0.1, -0.05) is 0 Å². The van der Waals surface area contributed by atoms with Crippen molar-refractivity contribution in [2.45, 2.75) is 25.4 Å². The van der Waals surface area contributed by atoms with Crippen molar-refractivity contribution in [3.8, 4) is 11.4 Å². The number of imidazole rings is 1. The van der Waals surface area contributed by atoms with Gasteiger partial charge in [0.1, 0.15) is 23.3 Å². The van der Waals surface area contributed by atoms with Gasteiger partial charge in [0.05, 0.1) is 19.3 Å². The van der Waals surface area contributed by atoms with Crippen LogP contribution in [0.15, 0.2) is 36.5 Å². The summed E-state index contributed by atoms with van der Waals surface area (Å²) in [4.78, 5) is 23.8. The molecule has 0 unspecified atom stereocenters. The van der Waals surface area contributed by atoms with Crippen molar-refractivity contribution < 1.29 is 18.7 Å². The van der Waals surface area contributed by atoms with Gasteiger partial charge in [0, 0.05) is 38.5 Å². The molecule has 0 spiro atoms. The van der Waals surface area contributed by atoms with Crippen molar-refractivity contribution in [3.05, 3.63) is 47.9 Å². The van der Waals surface area contributed by atoms with E-state index in [2.05, 4.69) is 4.98 Å². The molecule has 7 nitrogen and oxygen atoms in total. The third-order valence-electron chi connectivity index (χ3n) is 5.39. The number of methoxy groups -OCH3 is 2. The minimum absolute atomic E-state index is 0.131. The van der Waals surface area contributed by atoms with Crippen LogP contribution in [-0.2, 0) is 11.2 Å². The van der Waals surface area contributed by atoms with Crippen molar-refractivity contribution >= 4 is 17.1 Å². The van der Waals surface area contributed by atoms with Gasteiger partial charge < -0.3 is 14.4 Å². The summed E-state index contributed by atoms with van der Waals surface area (Å²) in [5.41, 5.74) is 2.69. The monoisotopic (exact) mass is 412 g/mol. The summed E-state index contributed by atoms with van der Waals surface area (Å²) >= 11 is 0. The van der Waals surface area contributed by atoms with Crippen molar-refractivity contribution in [1.29, 1.82) is 0 Å². The highest BCUT2D eigenvalue weighted by molar-refractivity contribution is 5.96. The number of piperidine rings is 1. The zero-order chi connectivity index (χ0) is 21.1. The van der Waals surface area contributed by atoms with E-state index in [-0.39, 0.29) is 5.91 Å². The molecule has 0 aliphatic carbocycles. The number of carbonyl (C=O) groups excluding carboxylic acids is 1. The van der Waals surface area contributed by atoms with Crippen LogP contribution in [0.5, 0.6) is 5.75 Å². The number of halogens is 1. The highest BCUT2D eigenvalue weighted by atomic mass is 19.1. The first-order valence-electron chi connectivity index (χ1n) is 10.0. The van der Waals surface area contributed by atoms with E-state index in [4.69, 9.17) is 14.5 Å². The van der Waals surface area contributed by atoms with Gasteiger partial charge in [0.2, 0.25) is 0 Å². The molecule has 1 amide bonds. The predicted molar refractivity (Wildman–Crippen MR) is 111 cm³/mol. The lowest BCUT2D eigenvalue weighted by Crippen LogP contribution is -2.39. The Hall–Kier alpha value is -3.00. The van der Waals surface area contributed by atoms with Gasteiger partial charge in [-0.05, 0) is 43.2 Å². The largest absolute Gasteiger partial charge is 0.497 e. The second-order valence-corrected chi connectivity index (χ2v) is 7.34. The minimum Gasteiger partial charge on any atom is -0.497 e. The molecule has 0 saturated carbocycles. The first kappa shape index (κ1) is 20.3. The number of carbonyl (C=O) groups is 1. The summed E-state index contributed by atoms with van der Waals surface area (Å²) < 4.78 is 25.9. The van der Waals surface area contributed by atoms with E-state index >= 15 is 0 Å². The van der Waals surface area contributed by atoms with Gasteiger partial charge in [0.15, 0.2) is 5.65 Å². The number of nitrogens with zero attached hydrogens (tertiary/aromatic N) is 4. The molecule has 30 heavy (non-hydrogen) atoms. The van der Waals surface area contributed by atoms with Gasteiger partial charge in [-0.25, -0.2) is 14.4 Å². The Labute approximate surface area is 174 Å². The van der Waals surface area contributed by atoms with Crippen LogP contribution in [0.25, 0.3) is 16.9 Å².